The number of aromatic amines is 1. The first kappa shape index (κ1) is 12.8. The number of H-pyrrole nitrogens is 1. The molecule has 1 heterocycles. The number of thioether (sulfide) groups is 1. The highest BCUT2D eigenvalue weighted by atomic mass is 32.2. The number of hydrogen-bond acceptors (Lipinski definition) is 3. The van der Waals surface area contributed by atoms with Gasteiger partial charge in [-0.25, -0.2) is 0 Å². The summed E-state index contributed by atoms with van der Waals surface area (Å²) in [5.74, 6) is 0. The van der Waals surface area contributed by atoms with Crippen LogP contribution < -0.4 is 5.73 Å². The smallest absolute Gasteiger partial charge is 0.0924 e. The molecular formula is C15H19N3S. The van der Waals surface area contributed by atoms with Crippen molar-refractivity contribution in [1.82, 2.24) is 10.2 Å². The quantitative estimate of drug-likeness (QED) is 0.895. The Labute approximate surface area is 118 Å². The van der Waals surface area contributed by atoms with Crippen LogP contribution in [0.1, 0.15) is 31.4 Å². The van der Waals surface area contributed by atoms with Crippen LogP contribution in [-0.2, 0) is 6.54 Å². The summed E-state index contributed by atoms with van der Waals surface area (Å²) >= 11 is 2.02. The molecule has 100 valence electrons. The van der Waals surface area contributed by atoms with Crippen LogP contribution >= 0.6 is 11.8 Å². The second-order valence-electron chi connectivity index (χ2n) is 5.03. The number of benzene rings is 1. The van der Waals surface area contributed by atoms with E-state index in [2.05, 4.69) is 34.5 Å². The lowest BCUT2D eigenvalue weighted by Crippen LogP contribution is -1.95. The molecule has 1 aromatic heterocycles. The predicted molar refractivity (Wildman–Crippen MR) is 80.0 cm³/mol. The minimum absolute atomic E-state index is 0.503. The fourth-order valence-electron chi connectivity index (χ4n) is 2.52. The molecule has 0 aliphatic heterocycles. The van der Waals surface area contributed by atoms with Gasteiger partial charge in [-0.15, -0.1) is 11.8 Å². The SMILES string of the molecule is NCc1cc(-c2ccc(SC3CCCC3)cc2)n[nH]1. The fourth-order valence-corrected chi connectivity index (χ4v) is 3.76. The maximum atomic E-state index is 5.58. The lowest BCUT2D eigenvalue weighted by atomic mass is 10.1. The lowest BCUT2D eigenvalue weighted by molar-refractivity contribution is 0.886. The summed E-state index contributed by atoms with van der Waals surface area (Å²) in [7, 11) is 0. The second kappa shape index (κ2) is 5.80. The molecule has 3 rings (SSSR count). The highest BCUT2D eigenvalue weighted by Gasteiger charge is 2.16. The van der Waals surface area contributed by atoms with Gasteiger partial charge in [0.2, 0.25) is 0 Å². The molecule has 4 heteroatoms. The third-order valence-electron chi connectivity index (χ3n) is 3.61. The minimum Gasteiger partial charge on any atom is -0.325 e. The van der Waals surface area contributed by atoms with Gasteiger partial charge in [-0.05, 0) is 31.0 Å². The van der Waals surface area contributed by atoms with E-state index in [1.807, 2.05) is 17.8 Å². The van der Waals surface area contributed by atoms with Crippen molar-refractivity contribution in [3.05, 3.63) is 36.0 Å². The van der Waals surface area contributed by atoms with Crippen molar-refractivity contribution in [2.45, 2.75) is 42.4 Å². The Morgan fingerprint density at radius 1 is 1.21 bits per heavy atom. The molecule has 1 aromatic carbocycles. The number of hydrogen-bond donors (Lipinski definition) is 2. The van der Waals surface area contributed by atoms with Crippen LogP contribution in [-0.4, -0.2) is 15.4 Å². The summed E-state index contributed by atoms with van der Waals surface area (Å²) in [6.45, 7) is 0.503. The van der Waals surface area contributed by atoms with Crippen molar-refractivity contribution in [2.24, 2.45) is 5.73 Å². The van der Waals surface area contributed by atoms with Crippen LogP contribution in [0, 0.1) is 0 Å². The van der Waals surface area contributed by atoms with E-state index >= 15 is 0 Å². The van der Waals surface area contributed by atoms with Crippen LogP contribution in [0.5, 0.6) is 0 Å². The predicted octanol–water partition coefficient (Wildman–Crippen LogP) is 3.57. The summed E-state index contributed by atoms with van der Waals surface area (Å²) in [6.07, 6.45) is 5.52. The van der Waals surface area contributed by atoms with Crippen LogP contribution in [0.15, 0.2) is 35.2 Å². The Morgan fingerprint density at radius 3 is 2.58 bits per heavy atom. The standard InChI is InChI=1S/C15H19N3S/c16-10-12-9-15(18-17-12)11-5-7-14(8-6-11)19-13-3-1-2-4-13/h5-9,13H,1-4,10,16H2,(H,17,18). The molecule has 1 aliphatic rings. The van der Waals surface area contributed by atoms with Gasteiger partial charge in [0.25, 0.3) is 0 Å². The first-order chi connectivity index (χ1) is 9.35. The average Bonchev–Trinajstić information content (AvgIpc) is 3.10. The van der Waals surface area contributed by atoms with E-state index in [1.54, 1.807) is 0 Å². The summed E-state index contributed by atoms with van der Waals surface area (Å²) in [6, 6.07) is 10.7. The van der Waals surface area contributed by atoms with E-state index in [0.29, 0.717) is 6.54 Å². The Bertz CT molecular complexity index is 527. The third kappa shape index (κ3) is 3.01. The third-order valence-corrected chi connectivity index (χ3v) is 4.95. The highest BCUT2D eigenvalue weighted by Crippen LogP contribution is 2.35. The van der Waals surface area contributed by atoms with E-state index in [9.17, 15) is 0 Å². The van der Waals surface area contributed by atoms with Gasteiger partial charge in [0, 0.05) is 27.9 Å². The van der Waals surface area contributed by atoms with Crippen LogP contribution in [0.2, 0.25) is 0 Å². The molecule has 0 bridgehead atoms. The molecule has 0 atom stereocenters. The van der Waals surface area contributed by atoms with Gasteiger partial charge in [0.1, 0.15) is 0 Å². The Balaban J connectivity index is 1.70. The lowest BCUT2D eigenvalue weighted by Gasteiger charge is -2.08. The Morgan fingerprint density at radius 2 is 1.95 bits per heavy atom. The van der Waals surface area contributed by atoms with Crippen LogP contribution in [0.4, 0.5) is 0 Å². The maximum absolute atomic E-state index is 5.58. The largest absolute Gasteiger partial charge is 0.325 e. The van der Waals surface area contributed by atoms with Crippen molar-refractivity contribution >= 4 is 11.8 Å². The molecule has 0 saturated heterocycles. The van der Waals surface area contributed by atoms with Crippen molar-refractivity contribution in [1.29, 1.82) is 0 Å². The van der Waals surface area contributed by atoms with E-state index in [0.717, 1.165) is 22.2 Å². The molecular weight excluding hydrogens is 254 g/mol. The molecule has 0 amide bonds. The van der Waals surface area contributed by atoms with Gasteiger partial charge in [0.05, 0.1) is 5.69 Å². The molecule has 1 fully saturated rings. The van der Waals surface area contributed by atoms with E-state index < -0.39 is 0 Å². The van der Waals surface area contributed by atoms with E-state index in [1.165, 1.54) is 30.6 Å². The molecule has 3 N–H and O–H groups in total. The number of nitrogens with one attached hydrogen (secondary N) is 1. The summed E-state index contributed by atoms with van der Waals surface area (Å²) < 4.78 is 0. The summed E-state index contributed by atoms with van der Waals surface area (Å²) in [5.41, 5.74) is 8.67. The van der Waals surface area contributed by atoms with Crippen LogP contribution in [0.25, 0.3) is 11.3 Å². The molecule has 0 spiro atoms. The number of aromatic nitrogens is 2. The number of nitrogens with two attached hydrogens (primary N) is 1. The van der Waals surface area contributed by atoms with Crippen molar-refractivity contribution in [3.8, 4) is 11.3 Å². The fraction of sp³-hybridized carbons (Fsp3) is 0.400. The summed E-state index contributed by atoms with van der Waals surface area (Å²) in [5, 5.41) is 8.04. The minimum atomic E-state index is 0.503. The molecule has 19 heavy (non-hydrogen) atoms. The summed E-state index contributed by atoms with van der Waals surface area (Å²) in [4.78, 5) is 1.37. The van der Waals surface area contributed by atoms with Gasteiger partial charge in [0.15, 0.2) is 0 Å². The molecule has 1 aliphatic carbocycles. The van der Waals surface area contributed by atoms with Gasteiger partial charge >= 0.3 is 0 Å². The highest BCUT2D eigenvalue weighted by molar-refractivity contribution is 8.00. The van der Waals surface area contributed by atoms with E-state index in [-0.39, 0.29) is 0 Å². The maximum Gasteiger partial charge on any atom is 0.0924 e. The normalized spacial score (nSPS) is 16.1. The number of nitrogens with zero attached hydrogens (tertiary/aromatic N) is 1. The van der Waals surface area contributed by atoms with Crippen molar-refractivity contribution in [3.63, 3.8) is 0 Å². The molecule has 1 saturated carbocycles. The zero-order valence-corrected chi connectivity index (χ0v) is 11.7. The average molecular weight is 273 g/mol. The first-order valence-corrected chi connectivity index (χ1v) is 7.74. The monoisotopic (exact) mass is 273 g/mol. The zero-order valence-electron chi connectivity index (χ0n) is 10.9. The Kier molecular flexibility index (Phi) is 3.89. The van der Waals surface area contributed by atoms with Gasteiger partial charge < -0.3 is 5.73 Å². The molecule has 2 aromatic rings. The van der Waals surface area contributed by atoms with E-state index in [4.69, 9.17) is 5.73 Å². The molecule has 0 unspecified atom stereocenters. The molecule has 3 nitrogen and oxygen atoms in total. The van der Waals surface area contributed by atoms with Gasteiger partial charge in [-0.2, -0.15) is 5.10 Å². The van der Waals surface area contributed by atoms with Gasteiger partial charge in [-0.1, -0.05) is 25.0 Å². The topological polar surface area (TPSA) is 54.7 Å². The zero-order chi connectivity index (χ0) is 13.1. The van der Waals surface area contributed by atoms with Gasteiger partial charge in [-0.3, -0.25) is 5.10 Å². The Hall–Kier alpha value is -1.26. The first-order valence-electron chi connectivity index (χ1n) is 6.86. The van der Waals surface area contributed by atoms with Crippen LogP contribution in [0.3, 0.4) is 0 Å². The van der Waals surface area contributed by atoms with Crippen molar-refractivity contribution in [2.75, 3.05) is 0 Å². The molecule has 0 radical (unpaired) electrons. The number of rotatable bonds is 4. The van der Waals surface area contributed by atoms with Crippen molar-refractivity contribution < 1.29 is 0 Å². The second-order valence-corrected chi connectivity index (χ2v) is 6.41.